The number of oxazole rings is 1. The quantitative estimate of drug-likeness (QED) is 0.655. The third kappa shape index (κ3) is 4.18. The van der Waals surface area contributed by atoms with Crippen LogP contribution >= 0.6 is 11.3 Å². The molecule has 30 heavy (non-hydrogen) atoms. The van der Waals surface area contributed by atoms with E-state index in [1.165, 1.54) is 11.3 Å². The molecule has 0 saturated carbocycles. The van der Waals surface area contributed by atoms with E-state index < -0.39 is 5.76 Å². The Morgan fingerprint density at radius 1 is 1.20 bits per heavy atom. The average Bonchev–Trinajstić information content (AvgIpc) is 3.41. The van der Waals surface area contributed by atoms with Crippen molar-refractivity contribution in [1.29, 1.82) is 0 Å². The molecule has 8 heteroatoms. The second kappa shape index (κ2) is 8.87. The van der Waals surface area contributed by atoms with Gasteiger partial charge in [0.2, 0.25) is 5.91 Å². The fourth-order valence-corrected chi connectivity index (χ4v) is 4.59. The number of carbonyl (C=O) groups is 2. The van der Waals surface area contributed by atoms with Crippen LogP contribution < -0.4 is 11.1 Å². The van der Waals surface area contributed by atoms with Gasteiger partial charge in [0.1, 0.15) is 0 Å². The minimum Gasteiger partial charge on any atom is -0.408 e. The van der Waals surface area contributed by atoms with Crippen molar-refractivity contribution in [3.05, 3.63) is 57.2 Å². The molecule has 1 fully saturated rings. The van der Waals surface area contributed by atoms with Gasteiger partial charge in [-0.3, -0.25) is 14.2 Å². The molecule has 0 bridgehead atoms. The molecule has 1 aliphatic rings. The van der Waals surface area contributed by atoms with Crippen LogP contribution in [0.3, 0.4) is 0 Å². The zero-order valence-electron chi connectivity index (χ0n) is 16.9. The van der Waals surface area contributed by atoms with Gasteiger partial charge in [0, 0.05) is 31.6 Å². The Labute approximate surface area is 178 Å². The molecule has 1 saturated heterocycles. The lowest BCUT2D eigenvalue weighted by Gasteiger charge is -2.32. The molecule has 1 N–H and O–H groups in total. The van der Waals surface area contributed by atoms with Gasteiger partial charge in [-0.1, -0.05) is 25.1 Å². The molecule has 2 aromatic heterocycles. The highest BCUT2D eigenvalue weighted by Gasteiger charge is 2.29. The van der Waals surface area contributed by atoms with E-state index in [9.17, 15) is 14.4 Å². The average molecular weight is 428 g/mol. The summed E-state index contributed by atoms with van der Waals surface area (Å²) in [4.78, 5) is 40.1. The van der Waals surface area contributed by atoms with Crippen LogP contribution in [-0.2, 0) is 11.3 Å². The van der Waals surface area contributed by atoms with E-state index >= 15 is 0 Å². The third-order valence-electron chi connectivity index (χ3n) is 5.70. The van der Waals surface area contributed by atoms with Gasteiger partial charge in [-0.2, -0.15) is 0 Å². The molecule has 158 valence electrons. The Hall–Kier alpha value is -2.87. The lowest BCUT2D eigenvalue weighted by atomic mass is 9.95. The van der Waals surface area contributed by atoms with Crippen LogP contribution in [0.2, 0.25) is 0 Å². The van der Waals surface area contributed by atoms with Crippen molar-refractivity contribution in [2.24, 2.45) is 5.92 Å². The Balaban J connectivity index is 1.35. The Morgan fingerprint density at radius 3 is 2.67 bits per heavy atom. The van der Waals surface area contributed by atoms with Gasteiger partial charge in [0.15, 0.2) is 5.58 Å². The minimum atomic E-state index is -0.413. The van der Waals surface area contributed by atoms with E-state index in [4.69, 9.17) is 4.42 Å². The first-order valence-corrected chi connectivity index (χ1v) is 11.2. The predicted molar refractivity (Wildman–Crippen MR) is 116 cm³/mol. The molecule has 1 aliphatic heterocycles. The van der Waals surface area contributed by atoms with Crippen LogP contribution in [0.5, 0.6) is 0 Å². The first kappa shape index (κ1) is 20.4. The smallest absolute Gasteiger partial charge is 0.408 e. The maximum absolute atomic E-state index is 12.8. The third-order valence-corrected chi connectivity index (χ3v) is 6.56. The van der Waals surface area contributed by atoms with Gasteiger partial charge in [-0.15, -0.1) is 11.3 Å². The number of nitrogens with zero attached hydrogens (tertiary/aromatic N) is 2. The van der Waals surface area contributed by atoms with Gasteiger partial charge in [0.25, 0.3) is 5.91 Å². The van der Waals surface area contributed by atoms with Crippen LogP contribution in [0.15, 0.2) is 51.0 Å². The Kier molecular flexibility index (Phi) is 6.03. The molecular weight excluding hydrogens is 402 g/mol. The SMILES string of the molecule is CC[C@H](Cn1c(=O)oc2ccccc21)NC(=O)C1CCN(C(=O)c2cccs2)CC1. The van der Waals surface area contributed by atoms with E-state index in [2.05, 4.69) is 5.32 Å². The number of hydrogen-bond acceptors (Lipinski definition) is 5. The number of fused-ring (bicyclic) bond motifs is 1. The van der Waals surface area contributed by atoms with E-state index in [0.717, 1.165) is 10.4 Å². The second-order valence-corrected chi connectivity index (χ2v) is 8.55. The normalized spacial score (nSPS) is 16.0. The first-order chi connectivity index (χ1) is 14.6. The molecular formula is C22H25N3O4S. The summed E-state index contributed by atoms with van der Waals surface area (Å²) >= 11 is 1.44. The predicted octanol–water partition coefficient (Wildman–Crippen LogP) is 3.10. The maximum atomic E-state index is 12.8. The summed E-state index contributed by atoms with van der Waals surface area (Å²) in [6.45, 7) is 3.52. The lowest BCUT2D eigenvalue weighted by Crippen LogP contribution is -2.46. The van der Waals surface area contributed by atoms with Gasteiger partial charge in [-0.05, 0) is 42.8 Å². The summed E-state index contributed by atoms with van der Waals surface area (Å²) < 4.78 is 6.86. The van der Waals surface area contributed by atoms with Crippen LogP contribution in [0.1, 0.15) is 35.9 Å². The van der Waals surface area contributed by atoms with E-state index in [1.54, 1.807) is 10.6 Å². The van der Waals surface area contributed by atoms with Crippen molar-refractivity contribution in [1.82, 2.24) is 14.8 Å². The summed E-state index contributed by atoms with van der Waals surface area (Å²) in [6.07, 6.45) is 2.00. The number of thiophene rings is 1. The second-order valence-electron chi connectivity index (χ2n) is 7.60. The molecule has 3 aromatic rings. The first-order valence-electron chi connectivity index (χ1n) is 10.3. The van der Waals surface area contributed by atoms with Crippen molar-refractivity contribution >= 4 is 34.3 Å². The summed E-state index contributed by atoms with van der Waals surface area (Å²) in [6, 6.07) is 10.8. The molecule has 2 amide bonds. The summed E-state index contributed by atoms with van der Waals surface area (Å²) in [7, 11) is 0. The monoisotopic (exact) mass is 427 g/mol. The fourth-order valence-electron chi connectivity index (χ4n) is 3.90. The van der Waals surface area contributed by atoms with Crippen LogP contribution in [0, 0.1) is 5.92 Å². The number of likely N-dealkylation sites (tertiary alicyclic amines) is 1. The minimum absolute atomic E-state index is 0.00841. The molecule has 3 heterocycles. The highest BCUT2D eigenvalue weighted by atomic mass is 32.1. The van der Waals surface area contributed by atoms with Crippen molar-refractivity contribution < 1.29 is 14.0 Å². The van der Waals surface area contributed by atoms with Gasteiger partial charge in [-0.25, -0.2) is 4.79 Å². The number of nitrogens with one attached hydrogen (secondary N) is 1. The number of benzene rings is 1. The van der Waals surface area contributed by atoms with Gasteiger partial charge < -0.3 is 14.6 Å². The maximum Gasteiger partial charge on any atom is 0.420 e. The molecule has 4 rings (SSSR count). The molecule has 7 nitrogen and oxygen atoms in total. The highest BCUT2D eigenvalue weighted by Crippen LogP contribution is 2.21. The zero-order valence-corrected chi connectivity index (χ0v) is 17.7. The van der Waals surface area contributed by atoms with Crippen molar-refractivity contribution in [3.8, 4) is 0 Å². The van der Waals surface area contributed by atoms with Crippen molar-refractivity contribution in [2.75, 3.05) is 13.1 Å². The summed E-state index contributed by atoms with van der Waals surface area (Å²) in [5, 5.41) is 4.99. The zero-order chi connectivity index (χ0) is 21.1. The van der Waals surface area contributed by atoms with Crippen LogP contribution in [-0.4, -0.2) is 40.4 Å². The molecule has 1 atom stereocenters. The molecule has 0 spiro atoms. The molecule has 0 aliphatic carbocycles. The summed E-state index contributed by atoms with van der Waals surface area (Å²) in [5.74, 6) is -0.499. The lowest BCUT2D eigenvalue weighted by molar-refractivity contribution is -0.127. The van der Waals surface area contributed by atoms with E-state index in [1.807, 2.05) is 47.5 Å². The van der Waals surface area contributed by atoms with Crippen molar-refractivity contribution in [2.45, 2.75) is 38.8 Å². The van der Waals surface area contributed by atoms with Gasteiger partial charge >= 0.3 is 5.76 Å². The fraction of sp³-hybridized carbons (Fsp3) is 0.409. The number of carbonyl (C=O) groups excluding carboxylic acids is 2. The highest BCUT2D eigenvalue weighted by molar-refractivity contribution is 7.12. The standard InChI is InChI=1S/C22H25N3O4S/c1-2-16(14-25-17-6-3-4-7-18(17)29-22(25)28)23-20(26)15-9-11-24(12-10-15)21(27)19-8-5-13-30-19/h3-8,13,15-16H,2,9-12,14H2,1H3,(H,23,26)/t16-/m1/s1. The number of para-hydroxylation sites is 2. The van der Waals surface area contributed by atoms with Crippen molar-refractivity contribution in [3.63, 3.8) is 0 Å². The number of rotatable bonds is 6. The largest absolute Gasteiger partial charge is 0.420 e. The molecule has 0 radical (unpaired) electrons. The van der Waals surface area contributed by atoms with Crippen LogP contribution in [0.25, 0.3) is 11.1 Å². The Morgan fingerprint density at radius 2 is 1.97 bits per heavy atom. The van der Waals surface area contributed by atoms with Gasteiger partial charge in [0.05, 0.1) is 10.4 Å². The van der Waals surface area contributed by atoms with E-state index in [0.29, 0.717) is 44.5 Å². The van der Waals surface area contributed by atoms with Crippen LogP contribution in [0.4, 0.5) is 0 Å². The Bertz CT molecular complexity index is 1080. The summed E-state index contributed by atoms with van der Waals surface area (Å²) in [5.41, 5.74) is 1.28. The molecule has 0 unspecified atom stereocenters. The topological polar surface area (TPSA) is 84.6 Å². The number of amides is 2. The number of aromatic nitrogens is 1. The number of hydrogen-bond donors (Lipinski definition) is 1. The molecule has 1 aromatic carbocycles. The van der Waals surface area contributed by atoms with E-state index in [-0.39, 0.29) is 23.8 Å². The number of piperidine rings is 1.